The van der Waals surface area contributed by atoms with Crippen molar-refractivity contribution in [1.29, 1.82) is 0 Å². The molecule has 0 atom stereocenters. The van der Waals surface area contributed by atoms with Gasteiger partial charge in [0.2, 0.25) is 0 Å². The molecule has 0 aromatic heterocycles. The highest BCUT2D eigenvalue weighted by Gasteiger charge is 2.33. The highest BCUT2D eigenvalue weighted by molar-refractivity contribution is 7.80. The lowest BCUT2D eigenvalue weighted by Gasteiger charge is -2.36. The zero-order chi connectivity index (χ0) is 12.8. The maximum absolute atomic E-state index is 5.94. The molecule has 0 unspecified atom stereocenters. The van der Waals surface area contributed by atoms with E-state index in [2.05, 4.69) is 59.4 Å². The van der Waals surface area contributed by atoms with E-state index < -0.39 is 0 Å². The molecule has 0 saturated heterocycles. The van der Waals surface area contributed by atoms with Crippen molar-refractivity contribution in [2.45, 2.75) is 56.8 Å². The van der Waals surface area contributed by atoms with Crippen LogP contribution in [0.1, 0.15) is 52.2 Å². The number of fused-ring (bicyclic) bond motifs is 1. The third-order valence-electron chi connectivity index (χ3n) is 3.58. The molecule has 1 nitrogen and oxygen atoms in total. The largest absolute Gasteiger partial charge is 0.493 e. The van der Waals surface area contributed by atoms with E-state index in [0.29, 0.717) is 0 Å². The molecule has 0 radical (unpaired) electrons. The zero-order valence-electron chi connectivity index (χ0n) is 11.4. The topological polar surface area (TPSA) is 9.23 Å². The molecule has 1 aromatic rings. The summed E-state index contributed by atoms with van der Waals surface area (Å²) >= 11 is 4.54. The minimum Gasteiger partial charge on any atom is -0.493 e. The lowest BCUT2D eigenvalue weighted by atomic mass is 9.76. The van der Waals surface area contributed by atoms with Crippen LogP contribution in [0, 0.1) is 0 Å². The Morgan fingerprint density at radius 3 is 2.47 bits per heavy atom. The van der Waals surface area contributed by atoms with Crippen LogP contribution in [0.25, 0.3) is 0 Å². The first kappa shape index (κ1) is 12.8. The average Bonchev–Trinajstić information content (AvgIpc) is 2.16. The van der Waals surface area contributed by atoms with E-state index in [0.717, 1.165) is 23.7 Å². The van der Waals surface area contributed by atoms with Crippen molar-refractivity contribution >= 4 is 12.6 Å². The quantitative estimate of drug-likeness (QED) is 0.674. The fraction of sp³-hybridized carbons (Fsp3) is 0.600. The van der Waals surface area contributed by atoms with Crippen molar-refractivity contribution in [3.8, 4) is 5.75 Å². The first-order valence-electron chi connectivity index (χ1n) is 6.22. The molecule has 94 valence electrons. The molecule has 1 aliphatic heterocycles. The van der Waals surface area contributed by atoms with Gasteiger partial charge < -0.3 is 4.74 Å². The number of ether oxygens (including phenoxy) is 1. The van der Waals surface area contributed by atoms with Crippen molar-refractivity contribution in [3.63, 3.8) is 0 Å². The van der Waals surface area contributed by atoms with Gasteiger partial charge in [0.1, 0.15) is 5.75 Å². The SMILES string of the molecule is CC(C)(C)c1cc(S)cc2c1OCCC2(C)C. The van der Waals surface area contributed by atoms with Crippen molar-refractivity contribution in [3.05, 3.63) is 23.3 Å². The summed E-state index contributed by atoms with van der Waals surface area (Å²) in [6.07, 6.45) is 1.07. The van der Waals surface area contributed by atoms with Crippen LogP contribution >= 0.6 is 12.6 Å². The van der Waals surface area contributed by atoms with Gasteiger partial charge in [-0.2, -0.15) is 0 Å². The first-order valence-corrected chi connectivity index (χ1v) is 6.67. The van der Waals surface area contributed by atoms with Crippen molar-refractivity contribution in [2.24, 2.45) is 0 Å². The minimum absolute atomic E-state index is 0.0935. The molecule has 0 spiro atoms. The molecule has 1 aromatic carbocycles. The Hall–Kier alpha value is -0.630. The Labute approximate surface area is 110 Å². The van der Waals surface area contributed by atoms with Gasteiger partial charge in [-0.25, -0.2) is 0 Å². The van der Waals surface area contributed by atoms with E-state index in [1.807, 2.05) is 0 Å². The summed E-state index contributed by atoms with van der Waals surface area (Å²) in [4.78, 5) is 1.03. The number of hydrogen-bond donors (Lipinski definition) is 1. The van der Waals surface area contributed by atoms with Crippen LogP contribution in [0.4, 0.5) is 0 Å². The highest BCUT2D eigenvalue weighted by Crippen LogP contribution is 2.45. The van der Waals surface area contributed by atoms with Gasteiger partial charge in [-0.05, 0) is 29.4 Å². The Kier molecular flexibility index (Phi) is 2.97. The fourth-order valence-electron chi connectivity index (χ4n) is 2.37. The highest BCUT2D eigenvalue weighted by atomic mass is 32.1. The zero-order valence-corrected chi connectivity index (χ0v) is 12.3. The van der Waals surface area contributed by atoms with Gasteiger partial charge in [0.25, 0.3) is 0 Å². The second-order valence-electron chi connectivity index (χ2n) is 6.60. The summed E-state index contributed by atoms with van der Waals surface area (Å²) in [6, 6.07) is 4.30. The van der Waals surface area contributed by atoms with Crippen LogP contribution in [0.15, 0.2) is 17.0 Å². The third kappa shape index (κ3) is 2.33. The second-order valence-corrected chi connectivity index (χ2v) is 7.12. The van der Waals surface area contributed by atoms with E-state index in [9.17, 15) is 0 Å². The molecule has 2 rings (SSSR count). The number of benzene rings is 1. The van der Waals surface area contributed by atoms with E-state index in [1.54, 1.807) is 0 Å². The molecular formula is C15H22OS. The Balaban J connectivity index is 2.68. The second kappa shape index (κ2) is 3.94. The third-order valence-corrected chi connectivity index (χ3v) is 3.84. The lowest BCUT2D eigenvalue weighted by molar-refractivity contribution is 0.228. The van der Waals surface area contributed by atoms with Gasteiger partial charge in [-0.1, -0.05) is 34.6 Å². The van der Waals surface area contributed by atoms with E-state index in [-0.39, 0.29) is 10.8 Å². The summed E-state index contributed by atoms with van der Waals surface area (Å²) in [6.45, 7) is 12.1. The van der Waals surface area contributed by atoms with Crippen molar-refractivity contribution in [1.82, 2.24) is 0 Å². The maximum Gasteiger partial charge on any atom is 0.126 e. The van der Waals surface area contributed by atoms with Gasteiger partial charge in [0.15, 0.2) is 0 Å². The number of hydrogen-bond acceptors (Lipinski definition) is 2. The summed E-state index contributed by atoms with van der Waals surface area (Å²) in [5.74, 6) is 1.09. The van der Waals surface area contributed by atoms with Gasteiger partial charge in [0.05, 0.1) is 6.61 Å². The van der Waals surface area contributed by atoms with Crippen LogP contribution in [0.2, 0.25) is 0 Å². The van der Waals surface area contributed by atoms with Gasteiger partial charge in [-0.3, -0.25) is 0 Å². The Morgan fingerprint density at radius 2 is 1.88 bits per heavy atom. The molecule has 0 bridgehead atoms. The summed E-state index contributed by atoms with van der Waals surface area (Å²) < 4.78 is 5.94. The smallest absolute Gasteiger partial charge is 0.126 e. The normalized spacial score (nSPS) is 18.5. The predicted molar refractivity (Wildman–Crippen MR) is 75.5 cm³/mol. The Bertz CT molecular complexity index is 424. The fourth-order valence-corrected chi connectivity index (χ4v) is 2.63. The van der Waals surface area contributed by atoms with Crippen LogP contribution in [0.5, 0.6) is 5.75 Å². The first-order chi connectivity index (χ1) is 7.72. The van der Waals surface area contributed by atoms with Crippen LogP contribution in [-0.4, -0.2) is 6.61 Å². The molecule has 0 amide bonds. The molecular weight excluding hydrogens is 228 g/mol. The van der Waals surface area contributed by atoms with Crippen LogP contribution in [-0.2, 0) is 10.8 Å². The molecule has 1 heterocycles. The van der Waals surface area contributed by atoms with Gasteiger partial charge >= 0.3 is 0 Å². The number of rotatable bonds is 0. The van der Waals surface area contributed by atoms with E-state index >= 15 is 0 Å². The van der Waals surface area contributed by atoms with E-state index in [4.69, 9.17) is 4.74 Å². The van der Waals surface area contributed by atoms with Gasteiger partial charge in [0, 0.05) is 16.0 Å². The summed E-state index contributed by atoms with van der Waals surface area (Å²) in [5, 5.41) is 0. The Morgan fingerprint density at radius 1 is 1.24 bits per heavy atom. The molecule has 1 aliphatic rings. The standard InChI is InChI=1S/C15H22OS/c1-14(2,3)11-8-10(17)9-12-13(11)16-7-6-15(12,4)5/h8-9,17H,6-7H2,1-5H3. The number of thiol groups is 1. The van der Waals surface area contributed by atoms with Gasteiger partial charge in [-0.15, -0.1) is 12.6 Å². The van der Waals surface area contributed by atoms with Crippen molar-refractivity contribution in [2.75, 3.05) is 6.61 Å². The molecule has 0 saturated carbocycles. The van der Waals surface area contributed by atoms with Crippen LogP contribution < -0.4 is 4.74 Å². The maximum atomic E-state index is 5.94. The molecule has 17 heavy (non-hydrogen) atoms. The molecule has 0 fully saturated rings. The monoisotopic (exact) mass is 250 g/mol. The molecule has 0 N–H and O–H groups in total. The molecule has 2 heteroatoms. The van der Waals surface area contributed by atoms with E-state index in [1.165, 1.54) is 11.1 Å². The van der Waals surface area contributed by atoms with Crippen LogP contribution in [0.3, 0.4) is 0 Å². The van der Waals surface area contributed by atoms with Crippen molar-refractivity contribution < 1.29 is 4.74 Å². The average molecular weight is 250 g/mol. The summed E-state index contributed by atoms with van der Waals surface area (Å²) in [7, 11) is 0. The minimum atomic E-state index is 0.0935. The molecule has 0 aliphatic carbocycles. The predicted octanol–water partition coefficient (Wildman–Crippen LogP) is 4.33. The lowest BCUT2D eigenvalue weighted by Crippen LogP contribution is -2.29. The summed E-state index contributed by atoms with van der Waals surface area (Å²) in [5.41, 5.74) is 2.86.